The van der Waals surface area contributed by atoms with Gasteiger partial charge in [0.1, 0.15) is 5.75 Å². The highest BCUT2D eigenvalue weighted by atomic mass is 127. The molecular formula is C24H33IN4O4. The van der Waals surface area contributed by atoms with Crippen molar-refractivity contribution in [3.8, 4) is 17.2 Å². The van der Waals surface area contributed by atoms with Gasteiger partial charge in [0, 0.05) is 26.2 Å². The number of halogens is 1. The van der Waals surface area contributed by atoms with Crippen molar-refractivity contribution < 1.29 is 19.0 Å². The fraction of sp³-hybridized carbons (Fsp3) is 0.417. The zero-order valence-corrected chi connectivity index (χ0v) is 21.8. The molecule has 0 radical (unpaired) electrons. The van der Waals surface area contributed by atoms with Crippen LogP contribution in [0.2, 0.25) is 0 Å². The molecule has 2 N–H and O–H groups in total. The Labute approximate surface area is 212 Å². The van der Waals surface area contributed by atoms with E-state index in [2.05, 4.69) is 15.6 Å². The molecule has 0 bridgehead atoms. The van der Waals surface area contributed by atoms with Crippen LogP contribution in [0.4, 0.5) is 5.69 Å². The highest BCUT2D eigenvalue weighted by molar-refractivity contribution is 14.0. The van der Waals surface area contributed by atoms with Crippen molar-refractivity contribution >= 4 is 41.5 Å². The van der Waals surface area contributed by atoms with Crippen molar-refractivity contribution in [3.63, 3.8) is 0 Å². The topological polar surface area (TPSA) is 84.4 Å². The zero-order valence-electron chi connectivity index (χ0n) is 19.4. The van der Waals surface area contributed by atoms with Gasteiger partial charge < -0.3 is 29.7 Å². The molecule has 0 aromatic heterocycles. The van der Waals surface area contributed by atoms with E-state index in [1.807, 2.05) is 49.4 Å². The van der Waals surface area contributed by atoms with Gasteiger partial charge in [0.2, 0.25) is 0 Å². The van der Waals surface area contributed by atoms with E-state index >= 15 is 0 Å². The Bertz CT molecular complexity index is 938. The van der Waals surface area contributed by atoms with Crippen LogP contribution in [0.5, 0.6) is 17.2 Å². The summed E-state index contributed by atoms with van der Waals surface area (Å²) in [7, 11) is 3.27. The molecule has 0 saturated heterocycles. The third-order valence-corrected chi connectivity index (χ3v) is 5.12. The van der Waals surface area contributed by atoms with E-state index in [1.54, 1.807) is 19.1 Å². The van der Waals surface area contributed by atoms with Crippen molar-refractivity contribution in [1.82, 2.24) is 10.6 Å². The summed E-state index contributed by atoms with van der Waals surface area (Å²) in [6, 6.07) is 13.6. The number of aliphatic imine (C=N–C) groups is 1. The minimum absolute atomic E-state index is 0. The Hall–Kier alpha value is -2.69. The summed E-state index contributed by atoms with van der Waals surface area (Å²) in [6.45, 7) is 4.84. The van der Waals surface area contributed by atoms with Crippen LogP contribution in [0.15, 0.2) is 47.5 Å². The SMILES string of the molecule is CCNC(=NCCCN1C(=O)COc2ccccc21)NCCc1ccc(OC)c(OC)c1.I. The van der Waals surface area contributed by atoms with Crippen LogP contribution < -0.4 is 29.7 Å². The van der Waals surface area contributed by atoms with Gasteiger partial charge in [-0.25, -0.2) is 0 Å². The number of hydrogen-bond donors (Lipinski definition) is 2. The van der Waals surface area contributed by atoms with Crippen molar-refractivity contribution in [2.75, 3.05) is 51.9 Å². The fourth-order valence-corrected chi connectivity index (χ4v) is 3.52. The lowest BCUT2D eigenvalue weighted by Crippen LogP contribution is -2.40. The van der Waals surface area contributed by atoms with Crippen LogP contribution in [-0.2, 0) is 11.2 Å². The van der Waals surface area contributed by atoms with Gasteiger partial charge in [-0.05, 0) is 49.6 Å². The largest absolute Gasteiger partial charge is 0.493 e. The van der Waals surface area contributed by atoms with Crippen LogP contribution in [0.3, 0.4) is 0 Å². The van der Waals surface area contributed by atoms with Crippen molar-refractivity contribution in [1.29, 1.82) is 0 Å². The molecule has 1 aliphatic heterocycles. The Kier molecular flexibility index (Phi) is 11.1. The van der Waals surface area contributed by atoms with Crippen LogP contribution in [0.25, 0.3) is 0 Å². The number of guanidine groups is 1. The lowest BCUT2D eigenvalue weighted by atomic mass is 10.1. The highest BCUT2D eigenvalue weighted by Gasteiger charge is 2.24. The fourth-order valence-electron chi connectivity index (χ4n) is 3.52. The van der Waals surface area contributed by atoms with Gasteiger partial charge in [0.15, 0.2) is 24.1 Å². The standard InChI is InChI=1S/C24H32N4O4.HI/c1-4-25-24(27-14-12-18-10-11-21(30-2)22(16-18)31-3)26-13-7-15-28-19-8-5-6-9-20(19)32-17-23(28)29;/h5-6,8-11,16H,4,7,12-15,17H2,1-3H3,(H2,25,26,27);1H. The predicted molar refractivity (Wildman–Crippen MR) is 142 cm³/mol. The molecule has 0 fully saturated rings. The molecule has 0 spiro atoms. The quantitative estimate of drug-likeness (QED) is 0.198. The number of anilines is 1. The maximum Gasteiger partial charge on any atom is 0.265 e. The molecule has 0 aliphatic carbocycles. The summed E-state index contributed by atoms with van der Waals surface area (Å²) in [5.41, 5.74) is 1.98. The number of hydrogen-bond acceptors (Lipinski definition) is 5. The smallest absolute Gasteiger partial charge is 0.265 e. The second-order valence-electron chi connectivity index (χ2n) is 7.28. The first-order valence-corrected chi connectivity index (χ1v) is 10.9. The third-order valence-electron chi connectivity index (χ3n) is 5.12. The number of nitrogens with zero attached hydrogens (tertiary/aromatic N) is 2. The molecule has 2 aromatic rings. The van der Waals surface area contributed by atoms with Gasteiger partial charge in [-0.2, -0.15) is 0 Å². The molecule has 180 valence electrons. The average Bonchev–Trinajstić information content (AvgIpc) is 2.82. The molecule has 33 heavy (non-hydrogen) atoms. The minimum Gasteiger partial charge on any atom is -0.493 e. The summed E-state index contributed by atoms with van der Waals surface area (Å²) in [4.78, 5) is 18.7. The molecule has 0 atom stereocenters. The van der Waals surface area contributed by atoms with Crippen molar-refractivity contribution in [2.45, 2.75) is 19.8 Å². The summed E-state index contributed by atoms with van der Waals surface area (Å²) < 4.78 is 16.2. The molecule has 1 heterocycles. The molecule has 3 rings (SSSR count). The lowest BCUT2D eigenvalue weighted by molar-refractivity contribution is -0.121. The third kappa shape index (κ3) is 7.41. The molecule has 1 amide bonds. The van der Waals surface area contributed by atoms with E-state index in [-0.39, 0.29) is 36.5 Å². The van der Waals surface area contributed by atoms with Crippen LogP contribution >= 0.6 is 24.0 Å². The second-order valence-corrected chi connectivity index (χ2v) is 7.28. The Morgan fingerprint density at radius 2 is 1.91 bits per heavy atom. The van der Waals surface area contributed by atoms with E-state index in [9.17, 15) is 4.79 Å². The van der Waals surface area contributed by atoms with Crippen LogP contribution in [-0.4, -0.2) is 58.9 Å². The Balaban J connectivity index is 0.00000385. The van der Waals surface area contributed by atoms with Crippen LogP contribution in [0.1, 0.15) is 18.9 Å². The molecule has 8 nitrogen and oxygen atoms in total. The van der Waals surface area contributed by atoms with Crippen molar-refractivity contribution in [3.05, 3.63) is 48.0 Å². The van der Waals surface area contributed by atoms with Crippen LogP contribution in [0, 0.1) is 0 Å². The number of fused-ring (bicyclic) bond motifs is 1. The van der Waals surface area contributed by atoms with Crippen molar-refractivity contribution in [2.24, 2.45) is 4.99 Å². The zero-order chi connectivity index (χ0) is 22.8. The summed E-state index contributed by atoms with van der Waals surface area (Å²) >= 11 is 0. The second kappa shape index (κ2) is 13.8. The molecule has 9 heteroatoms. The van der Waals surface area contributed by atoms with Gasteiger partial charge in [-0.1, -0.05) is 18.2 Å². The van der Waals surface area contributed by atoms with Gasteiger partial charge in [-0.15, -0.1) is 24.0 Å². The average molecular weight is 568 g/mol. The number of para-hydroxylation sites is 2. The molecular weight excluding hydrogens is 535 g/mol. The van der Waals surface area contributed by atoms with E-state index < -0.39 is 0 Å². The Morgan fingerprint density at radius 1 is 1.12 bits per heavy atom. The molecule has 1 aliphatic rings. The molecule has 0 saturated carbocycles. The number of benzene rings is 2. The van der Waals surface area contributed by atoms with E-state index in [0.29, 0.717) is 13.1 Å². The monoisotopic (exact) mass is 568 g/mol. The van der Waals surface area contributed by atoms with Gasteiger partial charge in [-0.3, -0.25) is 9.79 Å². The summed E-state index contributed by atoms with van der Waals surface area (Å²) in [5, 5.41) is 6.63. The maximum atomic E-state index is 12.3. The van der Waals surface area contributed by atoms with Gasteiger partial charge in [0.25, 0.3) is 5.91 Å². The number of amides is 1. The highest BCUT2D eigenvalue weighted by Crippen LogP contribution is 2.31. The first-order valence-electron chi connectivity index (χ1n) is 10.9. The summed E-state index contributed by atoms with van der Waals surface area (Å²) in [6.07, 6.45) is 1.58. The minimum atomic E-state index is -0.0207. The number of carbonyl (C=O) groups is 1. The molecule has 2 aromatic carbocycles. The lowest BCUT2D eigenvalue weighted by Gasteiger charge is -2.29. The number of nitrogens with one attached hydrogen (secondary N) is 2. The van der Waals surface area contributed by atoms with E-state index in [1.165, 1.54) is 0 Å². The number of rotatable bonds is 10. The first kappa shape index (κ1) is 26.6. The van der Waals surface area contributed by atoms with Gasteiger partial charge in [0.05, 0.1) is 19.9 Å². The predicted octanol–water partition coefficient (Wildman–Crippen LogP) is 3.24. The molecule has 0 unspecified atom stereocenters. The van der Waals surface area contributed by atoms with E-state index in [0.717, 1.165) is 60.4 Å². The number of ether oxygens (including phenoxy) is 3. The normalized spacial score (nSPS) is 12.9. The van der Waals surface area contributed by atoms with Gasteiger partial charge >= 0.3 is 0 Å². The summed E-state index contributed by atoms with van der Waals surface area (Å²) in [5.74, 6) is 2.94. The first-order chi connectivity index (χ1) is 15.7. The van der Waals surface area contributed by atoms with E-state index in [4.69, 9.17) is 14.2 Å². The number of methoxy groups -OCH3 is 2. The maximum absolute atomic E-state index is 12.3. The number of carbonyl (C=O) groups excluding carboxylic acids is 1. The Morgan fingerprint density at radius 3 is 2.67 bits per heavy atom.